The zero-order valence-corrected chi connectivity index (χ0v) is 15.2. The van der Waals surface area contributed by atoms with Crippen LogP contribution in [-0.4, -0.2) is 60.6 Å². The Kier molecular flexibility index (Phi) is 6.43. The van der Waals surface area contributed by atoms with E-state index in [1.165, 1.54) is 7.11 Å². The van der Waals surface area contributed by atoms with Crippen LogP contribution in [0.3, 0.4) is 0 Å². The Labute approximate surface area is 157 Å². The number of ether oxygens (including phenoxy) is 3. The number of benzene rings is 1. The Morgan fingerprint density at radius 3 is 2.63 bits per heavy atom. The largest absolute Gasteiger partial charge is 0.508 e. The van der Waals surface area contributed by atoms with Gasteiger partial charge in [-0.3, -0.25) is 0 Å². The van der Waals surface area contributed by atoms with E-state index < -0.39 is 5.97 Å². The second kappa shape index (κ2) is 9.18. The van der Waals surface area contributed by atoms with Crippen LogP contribution in [0.4, 0.5) is 5.69 Å². The smallest absolute Gasteiger partial charge is 0.376 e. The molecule has 2 heterocycles. The molecule has 0 bridgehead atoms. The number of phenolic OH excluding ortho intramolecular Hbond substituents is 1. The molecule has 27 heavy (non-hydrogen) atoms. The van der Waals surface area contributed by atoms with Gasteiger partial charge in [0.05, 0.1) is 37.9 Å². The zero-order valence-electron chi connectivity index (χ0n) is 15.2. The summed E-state index contributed by atoms with van der Waals surface area (Å²) >= 11 is 0. The van der Waals surface area contributed by atoms with Gasteiger partial charge in [-0.15, -0.1) is 0 Å². The van der Waals surface area contributed by atoms with Crippen molar-refractivity contribution in [2.75, 3.05) is 38.3 Å². The van der Waals surface area contributed by atoms with E-state index >= 15 is 0 Å². The number of aromatic nitrogens is 2. The van der Waals surface area contributed by atoms with Gasteiger partial charge in [-0.1, -0.05) is 6.07 Å². The van der Waals surface area contributed by atoms with Gasteiger partial charge in [-0.05, 0) is 25.0 Å². The second-order valence-corrected chi connectivity index (χ2v) is 6.16. The number of carbonyl (C=O) groups is 1. The molecular formula is C19H23N3O5. The third-order valence-corrected chi connectivity index (χ3v) is 4.34. The molecule has 0 unspecified atom stereocenters. The van der Waals surface area contributed by atoms with E-state index in [1.54, 1.807) is 36.7 Å². The minimum absolute atomic E-state index is 0.0613. The minimum atomic E-state index is -0.540. The number of aromatic hydroxyl groups is 1. The number of esters is 1. The van der Waals surface area contributed by atoms with Gasteiger partial charge in [0.1, 0.15) is 18.1 Å². The van der Waals surface area contributed by atoms with Gasteiger partial charge in [-0.2, -0.15) is 0 Å². The molecular weight excluding hydrogens is 350 g/mol. The number of nitrogens with zero attached hydrogens (tertiary/aromatic N) is 3. The lowest BCUT2D eigenvalue weighted by molar-refractivity contribution is 0.0202. The normalized spacial score (nSPS) is 14.8. The number of piperidine rings is 1. The van der Waals surface area contributed by atoms with Crippen LogP contribution >= 0.6 is 0 Å². The Morgan fingerprint density at radius 1 is 1.22 bits per heavy atom. The summed E-state index contributed by atoms with van der Waals surface area (Å²) in [7, 11) is 1.30. The predicted octanol–water partition coefficient (Wildman–Crippen LogP) is 2.03. The van der Waals surface area contributed by atoms with Gasteiger partial charge in [0.2, 0.25) is 5.82 Å². The predicted molar refractivity (Wildman–Crippen MR) is 98.2 cm³/mol. The molecule has 3 rings (SSSR count). The lowest BCUT2D eigenvalue weighted by atomic mass is 10.1. The topological polar surface area (TPSA) is 94.0 Å². The third kappa shape index (κ3) is 5.30. The van der Waals surface area contributed by atoms with E-state index in [0.29, 0.717) is 19.0 Å². The highest BCUT2D eigenvalue weighted by molar-refractivity contribution is 5.85. The molecule has 1 N–H and O–H groups in total. The van der Waals surface area contributed by atoms with Crippen molar-refractivity contribution in [1.82, 2.24) is 9.97 Å². The quantitative estimate of drug-likeness (QED) is 0.582. The average molecular weight is 373 g/mol. The molecule has 2 aromatic rings. The molecule has 1 aliphatic rings. The molecule has 1 saturated heterocycles. The van der Waals surface area contributed by atoms with Gasteiger partial charge < -0.3 is 24.2 Å². The molecule has 1 aromatic carbocycles. The van der Waals surface area contributed by atoms with Crippen molar-refractivity contribution in [3.63, 3.8) is 0 Å². The Balaban J connectivity index is 1.38. The van der Waals surface area contributed by atoms with Gasteiger partial charge in [0.15, 0.2) is 0 Å². The Bertz CT molecular complexity index is 745. The van der Waals surface area contributed by atoms with E-state index in [9.17, 15) is 9.90 Å². The minimum Gasteiger partial charge on any atom is -0.508 e. The molecule has 0 amide bonds. The van der Waals surface area contributed by atoms with Crippen molar-refractivity contribution in [2.45, 2.75) is 18.9 Å². The Morgan fingerprint density at radius 2 is 1.96 bits per heavy atom. The van der Waals surface area contributed by atoms with Crippen molar-refractivity contribution < 1.29 is 24.1 Å². The fourth-order valence-corrected chi connectivity index (χ4v) is 2.91. The maximum atomic E-state index is 11.4. The van der Waals surface area contributed by atoms with E-state index in [4.69, 9.17) is 9.47 Å². The average Bonchev–Trinajstić information content (AvgIpc) is 2.71. The fraction of sp³-hybridized carbons (Fsp3) is 0.421. The van der Waals surface area contributed by atoms with Crippen molar-refractivity contribution in [3.05, 3.63) is 42.5 Å². The van der Waals surface area contributed by atoms with Crippen LogP contribution < -0.4 is 9.64 Å². The van der Waals surface area contributed by atoms with Gasteiger partial charge in [0, 0.05) is 19.2 Å². The first-order valence-electron chi connectivity index (χ1n) is 8.84. The molecule has 0 saturated carbocycles. The van der Waals surface area contributed by atoms with Gasteiger partial charge in [0.25, 0.3) is 0 Å². The highest BCUT2D eigenvalue weighted by Crippen LogP contribution is 2.21. The van der Waals surface area contributed by atoms with Crippen molar-refractivity contribution >= 4 is 11.7 Å². The zero-order chi connectivity index (χ0) is 19.1. The SMILES string of the molecule is COC(=O)c1ncc(N2CCC(OCCOc3cccc(O)c3)CC2)cn1. The molecule has 8 nitrogen and oxygen atoms in total. The summed E-state index contributed by atoms with van der Waals surface area (Å²) in [6, 6.07) is 6.71. The van der Waals surface area contributed by atoms with E-state index in [1.807, 2.05) is 0 Å². The number of methoxy groups -OCH3 is 1. The molecule has 0 atom stereocenters. The first kappa shape index (κ1) is 18.9. The fourth-order valence-electron chi connectivity index (χ4n) is 2.91. The number of hydrogen-bond donors (Lipinski definition) is 1. The lowest BCUT2D eigenvalue weighted by Gasteiger charge is -2.33. The highest BCUT2D eigenvalue weighted by Gasteiger charge is 2.21. The number of phenols is 1. The molecule has 0 spiro atoms. The molecule has 8 heteroatoms. The van der Waals surface area contributed by atoms with Gasteiger partial charge >= 0.3 is 5.97 Å². The molecule has 1 aromatic heterocycles. The third-order valence-electron chi connectivity index (χ3n) is 4.34. The summed E-state index contributed by atoms with van der Waals surface area (Å²) in [6.45, 7) is 2.60. The molecule has 0 radical (unpaired) electrons. The summed E-state index contributed by atoms with van der Waals surface area (Å²) in [5, 5.41) is 9.40. The van der Waals surface area contributed by atoms with Crippen LogP contribution in [0.2, 0.25) is 0 Å². The number of carbonyl (C=O) groups excluding carboxylic acids is 1. The van der Waals surface area contributed by atoms with Crippen LogP contribution in [-0.2, 0) is 9.47 Å². The maximum absolute atomic E-state index is 11.4. The molecule has 144 valence electrons. The first-order chi connectivity index (χ1) is 13.2. The first-order valence-corrected chi connectivity index (χ1v) is 8.84. The van der Waals surface area contributed by atoms with Gasteiger partial charge in [-0.25, -0.2) is 14.8 Å². The molecule has 1 aliphatic heterocycles. The van der Waals surface area contributed by atoms with Crippen LogP contribution in [0.15, 0.2) is 36.7 Å². The summed E-state index contributed by atoms with van der Waals surface area (Å²) in [5.74, 6) is 0.334. The van der Waals surface area contributed by atoms with E-state index in [0.717, 1.165) is 31.6 Å². The number of rotatable bonds is 7. The summed E-state index contributed by atoms with van der Waals surface area (Å²) in [4.78, 5) is 21.6. The van der Waals surface area contributed by atoms with Crippen LogP contribution in [0.1, 0.15) is 23.5 Å². The van der Waals surface area contributed by atoms with Crippen LogP contribution in [0.5, 0.6) is 11.5 Å². The van der Waals surface area contributed by atoms with E-state index in [-0.39, 0.29) is 17.7 Å². The highest BCUT2D eigenvalue weighted by atomic mass is 16.5. The summed E-state index contributed by atoms with van der Waals surface area (Å²) < 4.78 is 16.0. The molecule has 1 fully saturated rings. The van der Waals surface area contributed by atoms with Crippen LogP contribution in [0, 0.1) is 0 Å². The van der Waals surface area contributed by atoms with Crippen molar-refractivity contribution in [3.8, 4) is 11.5 Å². The second-order valence-electron chi connectivity index (χ2n) is 6.16. The summed E-state index contributed by atoms with van der Waals surface area (Å²) in [6.07, 6.45) is 5.26. The number of hydrogen-bond acceptors (Lipinski definition) is 8. The monoisotopic (exact) mass is 373 g/mol. The summed E-state index contributed by atoms with van der Waals surface area (Å²) in [5.41, 5.74) is 0.883. The Hall–Kier alpha value is -2.87. The maximum Gasteiger partial charge on any atom is 0.376 e. The van der Waals surface area contributed by atoms with Crippen LogP contribution in [0.25, 0.3) is 0 Å². The van der Waals surface area contributed by atoms with E-state index in [2.05, 4.69) is 19.6 Å². The number of anilines is 1. The van der Waals surface area contributed by atoms with Crippen molar-refractivity contribution in [2.24, 2.45) is 0 Å². The molecule has 0 aliphatic carbocycles. The standard InChI is InChI=1S/C19H23N3O5/c1-25-19(24)18-20-12-14(13-21-18)22-7-5-16(6-8-22)26-9-10-27-17-4-2-3-15(23)11-17/h2-4,11-13,16,23H,5-10H2,1H3. The lowest BCUT2D eigenvalue weighted by Crippen LogP contribution is -2.37. The van der Waals surface area contributed by atoms with Crippen molar-refractivity contribution in [1.29, 1.82) is 0 Å².